The first-order valence-electron chi connectivity index (χ1n) is 16.7. The molecule has 0 amide bonds. The number of hydrogen-bond acceptors (Lipinski definition) is 4. The molecule has 2 aromatic heterocycles. The summed E-state index contributed by atoms with van der Waals surface area (Å²) < 4.78 is 4.46. The number of benzene rings is 4. The molecule has 0 N–H and O–H groups in total. The van der Waals surface area contributed by atoms with Gasteiger partial charge in [-0.1, -0.05) is 142 Å². The van der Waals surface area contributed by atoms with Gasteiger partial charge in [0.1, 0.15) is 0 Å². The van der Waals surface area contributed by atoms with Gasteiger partial charge >= 0.3 is 5.69 Å². The molecule has 7 heteroatoms. The van der Waals surface area contributed by atoms with Gasteiger partial charge in [0.2, 0.25) is 0 Å². The zero-order chi connectivity index (χ0) is 34.1. The molecule has 0 fully saturated rings. The SMILES string of the molecule is CCN(CC)CC.Cn1c(=O)c2c(-c3ccccc3)n(CCSC(c3ccccc3)(c3ccccc3)c3ccccc3)cc2n(C)c1=O. The fourth-order valence-electron chi connectivity index (χ4n) is 6.41. The Morgan fingerprint density at radius 2 is 1.06 bits per heavy atom. The largest absolute Gasteiger partial charge is 0.344 e. The highest BCUT2D eigenvalue weighted by Gasteiger charge is 2.36. The quantitative estimate of drug-likeness (QED) is 0.134. The maximum absolute atomic E-state index is 13.4. The number of aromatic nitrogens is 3. The summed E-state index contributed by atoms with van der Waals surface area (Å²) in [7, 11) is 3.27. The van der Waals surface area contributed by atoms with Crippen LogP contribution in [0, 0.1) is 0 Å². The Morgan fingerprint density at radius 1 is 0.625 bits per heavy atom. The summed E-state index contributed by atoms with van der Waals surface area (Å²) >= 11 is 1.88. The van der Waals surface area contributed by atoms with Gasteiger partial charge in [-0.15, -0.1) is 11.8 Å². The van der Waals surface area contributed by atoms with E-state index in [9.17, 15) is 9.59 Å². The second-order valence-corrected chi connectivity index (χ2v) is 13.1. The smallest absolute Gasteiger partial charge is 0.330 e. The minimum Gasteiger partial charge on any atom is -0.344 e. The lowest BCUT2D eigenvalue weighted by atomic mass is 9.84. The molecule has 0 bridgehead atoms. The highest BCUT2D eigenvalue weighted by molar-refractivity contribution is 8.00. The Hall–Kier alpha value is -4.59. The predicted octanol–water partition coefficient (Wildman–Crippen LogP) is 7.78. The topological polar surface area (TPSA) is 52.2 Å². The van der Waals surface area contributed by atoms with Gasteiger partial charge in [0, 0.05) is 32.6 Å². The van der Waals surface area contributed by atoms with Crippen LogP contribution in [0.3, 0.4) is 0 Å². The molecule has 4 aromatic carbocycles. The molecule has 6 nitrogen and oxygen atoms in total. The third-order valence-corrected chi connectivity index (χ3v) is 10.6. The van der Waals surface area contributed by atoms with Gasteiger partial charge < -0.3 is 9.47 Å². The van der Waals surface area contributed by atoms with E-state index in [1.54, 1.807) is 18.7 Å². The average Bonchev–Trinajstić information content (AvgIpc) is 3.54. The van der Waals surface area contributed by atoms with Gasteiger partial charge in [0.25, 0.3) is 5.56 Å². The van der Waals surface area contributed by atoms with Crippen molar-refractivity contribution in [1.82, 2.24) is 18.6 Å². The first kappa shape index (κ1) is 34.7. The molecule has 0 aliphatic heterocycles. The summed E-state index contributed by atoms with van der Waals surface area (Å²) in [4.78, 5) is 28.6. The third-order valence-electron chi connectivity index (χ3n) is 9.09. The van der Waals surface area contributed by atoms with Gasteiger partial charge in [0.05, 0.1) is 21.3 Å². The van der Waals surface area contributed by atoms with Crippen LogP contribution in [0.4, 0.5) is 0 Å². The van der Waals surface area contributed by atoms with Gasteiger partial charge in [0.15, 0.2) is 0 Å². The van der Waals surface area contributed by atoms with Crippen LogP contribution < -0.4 is 11.2 Å². The van der Waals surface area contributed by atoms with Crippen molar-refractivity contribution >= 4 is 22.7 Å². The molecule has 6 rings (SSSR count). The van der Waals surface area contributed by atoms with E-state index in [4.69, 9.17) is 0 Å². The lowest BCUT2D eigenvalue weighted by molar-refractivity contribution is 0.321. The standard InChI is InChI=1S/C35H31N3O2S.C6H15N/c1-36-30-25-38(32(26-15-7-3-8-16-26)31(30)33(39)37(2)34(36)40)23-24-41-35(27-17-9-4-10-18-27,28-19-11-5-12-20-28)29-21-13-6-14-22-29;1-4-7(5-2)6-3/h3-22,25H,23-24H2,1-2H3;4-6H2,1-3H3. The van der Waals surface area contributed by atoms with E-state index in [2.05, 4.69) is 121 Å². The van der Waals surface area contributed by atoms with Gasteiger partial charge in [-0.3, -0.25) is 13.9 Å². The Labute approximate surface area is 288 Å². The average molecular weight is 659 g/mol. The first-order chi connectivity index (χ1) is 23.4. The number of aryl methyl sites for hydroxylation is 2. The number of nitrogens with zero attached hydrogens (tertiary/aromatic N) is 4. The molecular formula is C41H46N4O2S. The number of rotatable bonds is 11. The van der Waals surface area contributed by atoms with Crippen molar-refractivity contribution in [1.29, 1.82) is 0 Å². The summed E-state index contributed by atoms with van der Waals surface area (Å²) in [6, 6.07) is 41.9. The summed E-state index contributed by atoms with van der Waals surface area (Å²) in [6.45, 7) is 10.8. The van der Waals surface area contributed by atoms with Crippen LogP contribution in [-0.4, -0.2) is 44.0 Å². The molecule has 0 aliphatic carbocycles. The van der Waals surface area contributed by atoms with Crippen molar-refractivity contribution < 1.29 is 0 Å². The maximum Gasteiger partial charge on any atom is 0.330 e. The molecule has 248 valence electrons. The number of fused-ring (bicyclic) bond motifs is 1. The van der Waals surface area contributed by atoms with Crippen LogP contribution in [0.1, 0.15) is 37.5 Å². The Morgan fingerprint density at radius 3 is 1.48 bits per heavy atom. The molecule has 0 saturated carbocycles. The molecule has 0 radical (unpaired) electrons. The lowest BCUT2D eigenvalue weighted by Crippen LogP contribution is -2.36. The van der Waals surface area contributed by atoms with Crippen LogP contribution in [0.25, 0.3) is 22.2 Å². The van der Waals surface area contributed by atoms with E-state index in [0.717, 1.165) is 17.0 Å². The maximum atomic E-state index is 13.4. The molecule has 0 atom stereocenters. The number of hydrogen-bond donors (Lipinski definition) is 0. The Balaban J connectivity index is 0.000000582. The van der Waals surface area contributed by atoms with Crippen molar-refractivity contribution in [2.24, 2.45) is 14.1 Å². The third kappa shape index (κ3) is 6.98. The fourth-order valence-corrected chi connectivity index (χ4v) is 7.91. The second kappa shape index (κ2) is 16.0. The monoisotopic (exact) mass is 658 g/mol. The minimum absolute atomic E-state index is 0.277. The van der Waals surface area contributed by atoms with Crippen LogP contribution in [0.2, 0.25) is 0 Å². The van der Waals surface area contributed by atoms with E-state index in [1.165, 1.54) is 40.9 Å². The van der Waals surface area contributed by atoms with Crippen LogP contribution in [-0.2, 0) is 25.4 Å². The summed E-state index contributed by atoms with van der Waals surface area (Å²) in [5.74, 6) is 0.758. The molecular weight excluding hydrogens is 613 g/mol. The van der Waals surface area contributed by atoms with E-state index < -0.39 is 4.75 Å². The molecule has 0 aliphatic rings. The van der Waals surface area contributed by atoms with E-state index in [1.807, 2.05) is 48.3 Å². The lowest BCUT2D eigenvalue weighted by Gasteiger charge is -2.35. The Kier molecular flexibility index (Phi) is 11.6. The van der Waals surface area contributed by atoms with Crippen LogP contribution in [0.5, 0.6) is 0 Å². The summed E-state index contributed by atoms with van der Waals surface area (Å²) in [5.41, 5.74) is 5.44. The van der Waals surface area contributed by atoms with Crippen molar-refractivity contribution in [2.75, 3.05) is 25.4 Å². The zero-order valence-electron chi connectivity index (χ0n) is 28.7. The normalized spacial score (nSPS) is 11.5. The van der Waals surface area contributed by atoms with Crippen LogP contribution >= 0.6 is 11.8 Å². The van der Waals surface area contributed by atoms with E-state index in [0.29, 0.717) is 17.4 Å². The number of thioether (sulfide) groups is 1. The van der Waals surface area contributed by atoms with Crippen LogP contribution in [0.15, 0.2) is 137 Å². The second-order valence-electron chi connectivity index (χ2n) is 11.8. The highest BCUT2D eigenvalue weighted by atomic mass is 32.2. The molecule has 2 heterocycles. The van der Waals surface area contributed by atoms with Gasteiger partial charge in [-0.2, -0.15) is 0 Å². The summed E-state index contributed by atoms with van der Waals surface area (Å²) in [6.07, 6.45) is 1.95. The van der Waals surface area contributed by atoms with Crippen molar-refractivity contribution in [3.8, 4) is 11.3 Å². The molecule has 6 aromatic rings. The van der Waals surface area contributed by atoms with Crippen molar-refractivity contribution in [3.05, 3.63) is 165 Å². The molecule has 0 spiro atoms. The van der Waals surface area contributed by atoms with Crippen molar-refractivity contribution in [3.63, 3.8) is 0 Å². The molecule has 0 unspecified atom stereocenters. The minimum atomic E-state index is -0.438. The van der Waals surface area contributed by atoms with Crippen molar-refractivity contribution in [2.45, 2.75) is 32.1 Å². The highest BCUT2D eigenvalue weighted by Crippen LogP contribution is 2.48. The summed E-state index contributed by atoms with van der Waals surface area (Å²) in [5, 5.41) is 0.561. The Bertz CT molecular complexity index is 1910. The molecule has 0 saturated heterocycles. The van der Waals surface area contributed by atoms with Gasteiger partial charge in [-0.05, 0) is 41.9 Å². The van der Waals surface area contributed by atoms with Gasteiger partial charge in [-0.25, -0.2) is 4.79 Å². The zero-order valence-corrected chi connectivity index (χ0v) is 29.5. The fraction of sp³-hybridized carbons (Fsp3) is 0.268. The molecule has 48 heavy (non-hydrogen) atoms. The van der Waals surface area contributed by atoms with E-state index in [-0.39, 0.29) is 11.2 Å². The first-order valence-corrected chi connectivity index (χ1v) is 17.7. The van der Waals surface area contributed by atoms with E-state index >= 15 is 0 Å². The predicted molar refractivity (Wildman–Crippen MR) is 203 cm³/mol.